The van der Waals surface area contributed by atoms with Crippen LogP contribution in [0.5, 0.6) is 5.75 Å². The van der Waals surface area contributed by atoms with Crippen LogP contribution in [0.4, 0.5) is 13.6 Å². The number of rotatable bonds is 14. The molecule has 17 heteroatoms. The highest BCUT2D eigenvalue weighted by atomic mass is 19.3. The lowest BCUT2D eigenvalue weighted by Gasteiger charge is -2.36. The molecule has 3 atom stereocenters. The fourth-order valence-electron chi connectivity index (χ4n) is 6.22. The van der Waals surface area contributed by atoms with E-state index in [0.29, 0.717) is 30.4 Å². The minimum atomic E-state index is -2.94. The van der Waals surface area contributed by atoms with Gasteiger partial charge in [0.15, 0.2) is 6.61 Å². The van der Waals surface area contributed by atoms with Gasteiger partial charge in [0.05, 0.1) is 18.2 Å². The van der Waals surface area contributed by atoms with Gasteiger partial charge in [0.1, 0.15) is 23.5 Å². The summed E-state index contributed by atoms with van der Waals surface area (Å²) >= 11 is 0. The van der Waals surface area contributed by atoms with Gasteiger partial charge in [-0.1, -0.05) is 19.4 Å². The monoisotopic (exact) mass is 730 g/mol. The van der Waals surface area contributed by atoms with E-state index in [1.807, 2.05) is 13.8 Å². The summed E-state index contributed by atoms with van der Waals surface area (Å²) in [6, 6.07) is 3.15. The second-order valence-corrected chi connectivity index (χ2v) is 13.3. The number of carbonyl (C=O) groups excluding carboxylic acids is 5. The number of pyridine rings is 1. The Morgan fingerprint density at radius 2 is 1.77 bits per heavy atom. The van der Waals surface area contributed by atoms with Crippen molar-refractivity contribution in [2.75, 3.05) is 45.9 Å². The first-order valence-corrected chi connectivity index (χ1v) is 17.5. The van der Waals surface area contributed by atoms with E-state index in [0.717, 1.165) is 18.4 Å². The molecule has 1 saturated carbocycles. The second-order valence-electron chi connectivity index (χ2n) is 13.3. The van der Waals surface area contributed by atoms with Crippen LogP contribution in [0.15, 0.2) is 24.3 Å². The number of hydrogen-bond donors (Lipinski definition) is 3. The number of nitrogens with one attached hydrogen (secondary N) is 2. The van der Waals surface area contributed by atoms with Gasteiger partial charge in [-0.2, -0.15) is 0 Å². The number of aliphatic carboxylic acids is 1. The molecular weight excluding hydrogens is 686 g/mol. The van der Waals surface area contributed by atoms with E-state index in [2.05, 4.69) is 15.6 Å². The lowest BCUT2D eigenvalue weighted by Crippen LogP contribution is -2.56. The van der Waals surface area contributed by atoms with Gasteiger partial charge >= 0.3 is 12.1 Å². The second kappa shape index (κ2) is 16.5. The summed E-state index contributed by atoms with van der Waals surface area (Å²) in [5, 5.41) is 14.8. The summed E-state index contributed by atoms with van der Waals surface area (Å²) in [5.41, 5.74) is 1.01. The zero-order valence-corrected chi connectivity index (χ0v) is 29.2. The number of aryl methyl sites for hydroxylation is 1. The van der Waals surface area contributed by atoms with Crippen LogP contribution in [0.3, 0.4) is 0 Å². The van der Waals surface area contributed by atoms with Crippen molar-refractivity contribution in [1.82, 2.24) is 30.3 Å². The third kappa shape index (κ3) is 9.41. The van der Waals surface area contributed by atoms with Crippen LogP contribution >= 0.6 is 0 Å². The molecular formula is C35H44F2N6O9. The molecule has 3 heterocycles. The Morgan fingerprint density at radius 1 is 1.06 bits per heavy atom. The lowest BCUT2D eigenvalue weighted by molar-refractivity contribution is -0.140. The molecule has 0 radical (unpaired) electrons. The average Bonchev–Trinajstić information content (AvgIpc) is 3.45. The smallest absolute Gasteiger partial charge is 0.409 e. The van der Waals surface area contributed by atoms with Crippen molar-refractivity contribution in [2.45, 2.75) is 82.8 Å². The number of carboxylic acids is 1. The molecule has 3 fully saturated rings. The summed E-state index contributed by atoms with van der Waals surface area (Å²) in [5.74, 6) is -6.46. The van der Waals surface area contributed by atoms with E-state index in [-0.39, 0.29) is 50.6 Å². The van der Waals surface area contributed by atoms with Crippen LogP contribution in [0, 0.1) is 6.92 Å². The molecule has 1 aliphatic carbocycles. The quantitative estimate of drug-likeness (QED) is 0.244. The zero-order chi connectivity index (χ0) is 37.6. The number of aromatic nitrogens is 1. The third-order valence-corrected chi connectivity index (χ3v) is 9.35. The Bertz CT molecular complexity index is 1700. The Morgan fingerprint density at radius 3 is 2.44 bits per heavy atom. The first-order valence-electron chi connectivity index (χ1n) is 17.5. The van der Waals surface area contributed by atoms with E-state index in [1.54, 1.807) is 18.2 Å². The maximum absolute atomic E-state index is 13.6. The van der Waals surface area contributed by atoms with Crippen LogP contribution in [0.25, 0.3) is 10.9 Å². The molecule has 1 aromatic carbocycles. The molecule has 0 spiro atoms. The van der Waals surface area contributed by atoms with Crippen molar-refractivity contribution in [2.24, 2.45) is 0 Å². The van der Waals surface area contributed by atoms with Crippen LogP contribution in [-0.2, 0) is 23.9 Å². The average molecular weight is 731 g/mol. The third-order valence-electron chi connectivity index (χ3n) is 9.35. The number of halogens is 2. The number of piperazine rings is 1. The molecule has 5 rings (SSSR count). The van der Waals surface area contributed by atoms with Gasteiger partial charge < -0.3 is 39.9 Å². The SMILES string of the molecule is CCCCOC(=O)N1CCN(C(=O)C(CCC(=O)O)NC(=O)c2cc(OCC(=O)N3CCC[C@H]3C(=O)N[C@H]3CC3(F)F)c3ccc(C)cc3n2)CC1. The normalized spacial score (nSPS) is 19.9. The number of nitrogens with zero attached hydrogens (tertiary/aromatic N) is 4. The highest BCUT2D eigenvalue weighted by Crippen LogP contribution is 2.41. The summed E-state index contributed by atoms with van der Waals surface area (Å²) in [6.45, 7) is 4.56. The summed E-state index contributed by atoms with van der Waals surface area (Å²) in [4.78, 5) is 85.7. The fraction of sp³-hybridized carbons (Fsp3) is 0.571. The van der Waals surface area contributed by atoms with Crippen molar-refractivity contribution >= 4 is 46.6 Å². The molecule has 282 valence electrons. The predicted molar refractivity (Wildman–Crippen MR) is 181 cm³/mol. The van der Waals surface area contributed by atoms with Gasteiger partial charge in [0.2, 0.25) is 11.8 Å². The van der Waals surface area contributed by atoms with Crippen molar-refractivity contribution in [1.29, 1.82) is 0 Å². The van der Waals surface area contributed by atoms with Crippen molar-refractivity contribution < 1.29 is 52.1 Å². The molecule has 2 aromatic rings. The van der Waals surface area contributed by atoms with E-state index in [4.69, 9.17) is 9.47 Å². The van der Waals surface area contributed by atoms with Crippen molar-refractivity contribution in [3.8, 4) is 5.75 Å². The summed E-state index contributed by atoms with van der Waals surface area (Å²) in [7, 11) is 0. The Labute approximate surface area is 299 Å². The van der Waals surface area contributed by atoms with Crippen LogP contribution in [-0.4, -0.2) is 130 Å². The number of ether oxygens (including phenoxy) is 2. The minimum absolute atomic E-state index is 0.122. The van der Waals surface area contributed by atoms with E-state index in [1.165, 1.54) is 20.8 Å². The number of likely N-dealkylation sites (tertiary alicyclic amines) is 1. The first kappa shape index (κ1) is 38.1. The highest BCUT2D eigenvalue weighted by Gasteiger charge is 2.58. The molecule has 0 bridgehead atoms. The van der Waals surface area contributed by atoms with Gasteiger partial charge in [-0.15, -0.1) is 0 Å². The number of amides is 5. The summed E-state index contributed by atoms with van der Waals surface area (Å²) < 4.78 is 37.9. The van der Waals surface area contributed by atoms with Gasteiger partial charge in [-0.25, -0.2) is 18.6 Å². The van der Waals surface area contributed by atoms with E-state index < -0.39 is 79.2 Å². The van der Waals surface area contributed by atoms with Crippen molar-refractivity contribution in [3.05, 3.63) is 35.5 Å². The maximum Gasteiger partial charge on any atom is 0.409 e. The molecule has 3 aliphatic rings. The Balaban J connectivity index is 1.27. The van der Waals surface area contributed by atoms with Crippen LogP contribution in [0.2, 0.25) is 0 Å². The molecule has 5 amide bonds. The molecule has 52 heavy (non-hydrogen) atoms. The Kier molecular flexibility index (Phi) is 12.1. The van der Waals surface area contributed by atoms with Gasteiger partial charge in [-0.05, 0) is 50.3 Å². The first-order chi connectivity index (χ1) is 24.8. The number of fused-ring (bicyclic) bond motifs is 1. The lowest BCUT2D eigenvalue weighted by atomic mass is 10.1. The number of carboxylic acid groups (broad SMARTS) is 1. The predicted octanol–water partition coefficient (Wildman–Crippen LogP) is 2.48. The Hall–Kier alpha value is -5.09. The minimum Gasteiger partial charge on any atom is -0.483 e. The number of unbranched alkanes of at least 4 members (excludes halogenated alkanes) is 1. The molecule has 15 nitrogen and oxygen atoms in total. The topological polar surface area (TPSA) is 188 Å². The van der Waals surface area contributed by atoms with Gasteiger partial charge in [0.25, 0.3) is 17.7 Å². The van der Waals surface area contributed by atoms with Crippen LogP contribution in [0.1, 0.15) is 67.9 Å². The van der Waals surface area contributed by atoms with Crippen LogP contribution < -0.4 is 15.4 Å². The molecule has 2 saturated heterocycles. The van der Waals surface area contributed by atoms with Gasteiger partial charge in [-0.3, -0.25) is 24.0 Å². The van der Waals surface area contributed by atoms with Crippen molar-refractivity contribution in [3.63, 3.8) is 0 Å². The number of carbonyl (C=O) groups is 6. The molecule has 1 aromatic heterocycles. The number of alkyl halides is 2. The fourth-order valence-corrected chi connectivity index (χ4v) is 6.22. The summed E-state index contributed by atoms with van der Waals surface area (Å²) in [6.07, 6.45) is 0.926. The largest absolute Gasteiger partial charge is 0.483 e. The molecule has 3 N–H and O–H groups in total. The van der Waals surface area contributed by atoms with Gasteiger partial charge in [0, 0.05) is 57.0 Å². The maximum atomic E-state index is 13.6. The molecule has 2 aliphatic heterocycles. The standard InChI is InChI=1S/C35H44F2N6O9/c1-3-4-16-51-34(50)42-14-12-41(13-15-42)33(49)23(9-10-30(45)46)39-31(47)25-18-27(22-8-7-21(2)17-24(22)38-25)52-20-29(44)43-11-5-6-26(43)32(48)40-28-19-35(28,36)37/h7-8,17-18,23,26,28H,3-6,9-16,19-20H2,1-2H3,(H,39,47)(H,40,48)(H,45,46)/t23?,26-,28-/m0/s1. The zero-order valence-electron chi connectivity index (χ0n) is 29.2. The van der Waals surface area contributed by atoms with E-state index >= 15 is 0 Å². The molecule has 1 unspecified atom stereocenters. The van der Waals surface area contributed by atoms with E-state index in [9.17, 15) is 42.7 Å². The number of hydrogen-bond acceptors (Lipinski definition) is 9. The highest BCUT2D eigenvalue weighted by molar-refractivity contribution is 5.99. The number of benzene rings is 1.